The molecule has 1 heterocycles. The number of carbonyl (C=O) groups excluding carboxylic acids is 3. The zero-order valence-corrected chi connectivity index (χ0v) is 17.2. The van der Waals surface area contributed by atoms with E-state index in [9.17, 15) is 27.6 Å². The predicted molar refractivity (Wildman–Crippen MR) is 103 cm³/mol. The lowest BCUT2D eigenvalue weighted by Gasteiger charge is -2.39. The van der Waals surface area contributed by atoms with Crippen molar-refractivity contribution in [3.8, 4) is 0 Å². The van der Waals surface area contributed by atoms with Gasteiger partial charge < -0.3 is 19.1 Å². The van der Waals surface area contributed by atoms with Gasteiger partial charge in [-0.05, 0) is 25.3 Å². The van der Waals surface area contributed by atoms with Gasteiger partial charge in [-0.1, -0.05) is 30.3 Å². The molecule has 2 atom stereocenters. The molecule has 2 unspecified atom stereocenters. The van der Waals surface area contributed by atoms with Crippen molar-refractivity contribution < 1.29 is 41.8 Å². The van der Waals surface area contributed by atoms with Crippen molar-refractivity contribution in [2.24, 2.45) is 5.92 Å². The number of methoxy groups -OCH3 is 1. The highest BCUT2D eigenvalue weighted by Gasteiger charge is 2.46. The molecule has 1 aromatic rings. The van der Waals surface area contributed by atoms with Gasteiger partial charge in [0, 0.05) is 12.6 Å². The Hall–Kier alpha value is -3.04. The number of esters is 2. The number of amides is 1. The molecule has 0 N–H and O–H groups in total. The van der Waals surface area contributed by atoms with Crippen LogP contribution in [0.5, 0.6) is 0 Å². The summed E-state index contributed by atoms with van der Waals surface area (Å²) < 4.78 is 55.8. The van der Waals surface area contributed by atoms with Gasteiger partial charge in [0.25, 0.3) is 0 Å². The number of ether oxygens (including phenoxy) is 3. The van der Waals surface area contributed by atoms with Crippen molar-refractivity contribution in [3.05, 3.63) is 47.5 Å². The molecule has 0 bridgehead atoms. The van der Waals surface area contributed by atoms with Gasteiger partial charge in [0.2, 0.25) is 0 Å². The van der Waals surface area contributed by atoms with Gasteiger partial charge in [-0.25, -0.2) is 9.59 Å². The Morgan fingerprint density at radius 1 is 1.13 bits per heavy atom. The van der Waals surface area contributed by atoms with Gasteiger partial charge in [-0.15, -0.1) is 0 Å². The molecule has 2 rings (SSSR count). The van der Waals surface area contributed by atoms with Crippen molar-refractivity contribution in [2.45, 2.75) is 38.6 Å². The number of carbonyl (C=O) groups is 3. The fourth-order valence-electron chi connectivity index (χ4n) is 3.34. The Balaban J connectivity index is 2.31. The Morgan fingerprint density at radius 3 is 2.39 bits per heavy atom. The number of hydrogen-bond acceptors (Lipinski definition) is 6. The largest absolute Gasteiger partial charge is 0.469 e. The van der Waals surface area contributed by atoms with E-state index >= 15 is 0 Å². The first-order chi connectivity index (χ1) is 14.7. The molecule has 1 aliphatic heterocycles. The first-order valence-corrected chi connectivity index (χ1v) is 9.68. The summed E-state index contributed by atoms with van der Waals surface area (Å²) >= 11 is 0. The normalized spacial score (nSPS) is 19.5. The van der Waals surface area contributed by atoms with Crippen LogP contribution >= 0.6 is 0 Å². The van der Waals surface area contributed by atoms with E-state index in [0.29, 0.717) is 11.6 Å². The maximum atomic E-state index is 13.8. The lowest BCUT2D eigenvalue weighted by atomic mass is 9.88. The van der Waals surface area contributed by atoms with Crippen LogP contribution < -0.4 is 0 Å². The maximum Gasteiger partial charge on any atom is 0.414 e. The van der Waals surface area contributed by atoms with Crippen molar-refractivity contribution in [2.75, 3.05) is 20.3 Å². The van der Waals surface area contributed by atoms with E-state index in [0.717, 1.165) is 12.0 Å². The van der Waals surface area contributed by atoms with Crippen molar-refractivity contribution in [1.29, 1.82) is 0 Å². The average Bonchev–Trinajstić information content (AvgIpc) is 2.75. The van der Waals surface area contributed by atoms with Gasteiger partial charge in [0.1, 0.15) is 6.61 Å². The molecule has 7 nitrogen and oxygen atoms in total. The fourth-order valence-corrected chi connectivity index (χ4v) is 3.34. The molecule has 0 aliphatic carbocycles. The molecule has 1 amide bonds. The highest BCUT2D eigenvalue weighted by atomic mass is 19.4. The van der Waals surface area contributed by atoms with Crippen LogP contribution in [0.4, 0.5) is 18.0 Å². The summed E-state index contributed by atoms with van der Waals surface area (Å²) in [6, 6.07) is 7.10. The smallest absolute Gasteiger partial charge is 0.414 e. The van der Waals surface area contributed by atoms with Crippen LogP contribution in [0.3, 0.4) is 0 Å². The van der Waals surface area contributed by atoms with E-state index in [1.807, 2.05) is 0 Å². The van der Waals surface area contributed by atoms with Crippen LogP contribution in [0.1, 0.15) is 25.3 Å². The van der Waals surface area contributed by atoms with Crippen molar-refractivity contribution in [1.82, 2.24) is 4.90 Å². The second kappa shape index (κ2) is 10.8. The molecule has 1 aliphatic rings. The molecule has 0 saturated carbocycles. The number of likely N-dealkylation sites (tertiary alicyclic amines) is 1. The minimum atomic E-state index is -4.90. The van der Waals surface area contributed by atoms with E-state index < -0.39 is 41.7 Å². The average molecular weight is 443 g/mol. The molecule has 10 heteroatoms. The molecule has 0 aromatic heterocycles. The van der Waals surface area contributed by atoms with E-state index in [1.165, 1.54) is 6.92 Å². The van der Waals surface area contributed by atoms with Gasteiger partial charge in [0.15, 0.2) is 0 Å². The summed E-state index contributed by atoms with van der Waals surface area (Å²) in [5, 5.41) is 0. The summed E-state index contributed by atoms with van der Waals surface area (Å²) in [6.07, 6.45) is -5.72. The van der Waals surface area contributed by atoms with Crippen LogP contribution in [-0.2, 0) is 30.4 Å². The van der Waals surface area contributed by atoms with Crippen LogP contribution in [0.2, 0.25) is 0 Å². The van der Waals surface area contributed by atoms with Crippen LogP contribution in [0.15, 0.2) is 42.0 Å². The SMILES string of the molecule is CCOC(=O)C=C(C1CCC(C(=O)OC)CN1C(=O)OCc1ccccc1)C(F)(F)F. The number of halogens is 3. The molecular weight excluding hydrogens is 419 g/mol. The zero-order valence-electron chi connectivity index (χ0n) is 17.2. The number of nitrogens with zero attached hydrogens (tertiary/aromatic N) is 1. The number of piperidine rings is 1. The number of alkyl halides is 3. The standard InChI is InChI=1S/C21H24F3NO6/c1-3-30-18(26)11-16(21(22,23)24)17-10-9-15(19(27)29-2)12-25(17)20(28)31-13-14-7-5-4-6-8-14/h4-8,11,15,17H,3,9-10,12-13H2,1-2H3. The monoisotopic (exact) mass is 443 g/mol. The summed E-state index contributed by atoms with van der Waals surface area (Å²) in [7, 11) is 1.16. The Morgan fingerprint density at radius 2 is 1.81 bits per heavy atom. The highest BCUT2D eigenvalue weighted by molar-refractivity contribution is 5.83. The fraction of sp³-hybridized carbons (Fsp3) is 0.476. The van der Waals surface area contributed by atoms with E-state index in [-0.39, 0.29) is 32.6 Å². The van der Waals surface area contributed by atoms with Crippen LogP contribution in [-0.4, -0.2) is 55.4 Å². The number of hydrogen-bond donors (Lipinski definition) is 0. The van der Waals surface area contributed by atoms with Gasteiger partial charge in [-0.3, -0.25) is 4.79 Å². The summed E-state index contributed by atoms with van der Waals surface area (Å²) in [6.45, 7) is 0.877. The molecular formula is C21H24F3NO6. The zero-order chi connectivity index (χ0) is 23.0. The maximum absolute atomic E-state index is 13.8. The molecule has 1 saturated heterocycles. The second-order valence-corrected chi connectivity index (χ2v) is 6.86. The van der Waals surface area contributed by atoms with Crippen LogP contribution in [0, 0.1) is 5.92 Å². The van der Waals surface area contributed by atoms with Gasteiger partial charge in [-0.2, -0.15) is 13.2 Å². The molecule has 0 spiro atoms. The molecule has 170 valence electrons. The van der Waals surface area contributed by atoms with Gasteiger partial charge in [0.05, 0.1) is 31.2 Å². The number of benzene rings is 1. The van der Waals surface area contributed by atoms with Crippen molar-refractivity contribution in [3.63, 3.8) is 0 Å². The predicted octanol–water partition coefficient (Wildman–Crippen LogP) is 3.63. The highest BCUT2D eigenvalue weighted by Crippen LogP contribution is 2.36. The quantitative estimate of drug-likeness (QED) is 0.379. The summed E-state index contributed by atoms with van der Waals surface area (Å²) in [5.41, 5.74) is -0.585. The van der Waals surface area contributed by atoms with Crippen molar-refractivity contribution >= 4 is 18.0 Å². The first-order valence-electron chi connectivity index (χ1n) is 9.68. The lowest BCUT2D eigenvalue weighted by molar-refractivity contribution is -0.148. The first kappa shape index (κ1) is 24.2. The van der Waals surface area contributed by atoms with E-state index in [2.05, 4.69) is 9.47 Å². The third-order valence-electron chi connectivity index (χ3n) is 4.80. The third-order valence-corrected chi connectivity index (χ3v) is 4.80. The molecule has 1 fully saturated rings. The minimum absolute atomic E-state index is 0.0516. The molecule has 31 heavy (non-hydrogen) atoms. The van der Waals surface area contributed by atoms with E-state index in [1.54, 1.807) is 30.3 Å². The Labute approximate surface area is 177 Å². The third kappa shape index (κ3) is 6.73. The Kier molecular flexibility index (Phi) is 8.47. The molecule has 1 aromatic carbocycles. The molecule has 0 radical (unpaired) electrons. The Bertz CT molecular complexity index is 809. The number of rotatable bonds is 6. The topological polar surface area (TPSA) is 82.1 Å². The lowest BCUT2D eigenvalue weighted by Crippen LogP contribution is -2.51. The minimum Gasteiger partial charge on any atom is -0.469 e. The van der Waals surface area contributed by atoms with Crippen LogP contribution in [0.25, 0.3) is 0 Å². The summed E-state index contributed by atoms with van der Waals surface area (Å²) in [5.74, 6) is -2.60. The van der Waals surface area contributed by atoms with Gasteiger partial charge >= 0.3 is 24.2 Å². The second-order valence-electron chi connectivity index (χ2n) is 6.86. The summed E-state index contributed by atoms with van der Waals surface area (Å²) in [4.78, 5) is 37.2. The van der Waals surface area contributed by atoms with E-state index in [4.69, 9.17) is 4.74 Å².